The maximum absolute atomic E-state index is 11.4. The molecule has 0 aliphatic carbocycles. The van der Waals surface area contributed by atoms with Crippen LogP contribution in [0.3, 0.4) is 0 Å². The van der Waals surface area contributed by atoms with Crippen molar-refractivity contribution in [3.8, 4) is 0 Å². The topological polar surface area (TPSA) is 63.7 Å². The molecular formula is C12H23NO4S2. The van der Waals surface area contributed by atoms with Gasteiger partial charge in [0.15, 0.2) is 0 Å². The van der Waals surface area contributed by atoms with E-state index in [0.29, 0.717) is 31.4 Å². The first-order valence-corrected chi connectivity index (χ1v) is 9.38. The van der Waals surface area contributed by atoms with Gasteiger partial charge >= 0.3 is 5.97 Å². The number of rotatable bonds is 6. The Bertz CT molecular complexity index is 389. The summed E-state index contributed by atoms with van der Waals surface area (Å²) in [6, 6.07) is 0. The monoisotopic (exact) mass is 309 g/mol. The van der Waals surface area contributed by atoms with E-state index in [4.69, 9.17) is 4.74 Å². The molecule has 0 aromatic heterocycles. The van der Waals surface area contributed by atoms with Crippen LogP contribution in [0.5, 0.6) is 0 Å². The van der Waals surface area contributed by atoms with Crippen LogP contribution in [0, 0.1) is 0 Å². The molecular weight excluding hydrogens is 286 g/mol. The van der Waals surface area contributed by atoms with Gasteiger partial charge in [-0.3, -0.25) is 4.79 Å². The van der Waals surface area contributed by atoms with E-state index in [0.717, 1.165) is 12.8 Å². The third-order valence-corrected chi connectivity index (χ3v) is 5.82. The molecule has 0 amide bonds. The van der Waals surface area contributed by atoms with Crippen molar-refractivity contribution in [3.63, 3.8) is 0 Å². The fourth-order valence-electron chi connectivity index (χ4n) is 1.98. The fourth-order valence-corrected chi connectivity index (χ4v) is 4.14. The van der Waals surface area contributed by atoms with E-state index in [1.54, 1.807) is 18.7 Å². The summed E-state index contributed by atoms with van der Waals surface area (Å²) < 4.78 is 29.4. The number of ether oxygens (including phenoxy) is 1. The minimum absolute atomic E-state index is 0.167. The van der Waals surface area contributed by atoms with Crippen LogP contribution < -0.4 is 0 Å². The van der Waals surface area contributed by atoms with E-state index in [2.05, 4.69) is 0 Å². The van der Waals surface area contributed by atoms with Crippen molar-refractivity contribution < 1.29 is 17.9 Å². The molecule has 1 saturated heterocycles. The lowest BCUT2D eigenvalue weighted by atomic mass is 10.2. The van der Waals surface area contributed by atoms with Crippen LogP contribution in [-0.2, 0) is 19.6 Å². The summed E-state index contributed by atoms with van der Waals surface area (Å²) in [4.78, 5) is 11.1. The number of hydrogen-bond acceptors (Lipinski definition) is 5. The zero-order valence-corrected chi connectivity index (χ0v) is 13.4. The second kappa shape index (κ2) is 7.50. The highest BCUT2D eigenvalue weighted by atomic mass is 32.2. The highest BCUT2D eigenvalue weighted by Crippen LogP contribution is 2.28. The Labute approximate surface area is 120 Å². The maximum atomic E-state index is 11.4. The van der Waals surface area contributed by atoms with E-state index >= 15 is 0 Å². The zero-order valence-electron chi connectivity index (χ0n) is 11.8. The average molecular weight is 309 g/mol. The second-order valence-electron chi connectivity index (χ2n) is 4.84. The first-order valence-electron chi connectivity index (χ1n) is 6.59. The van der Waals surface area contributed by atoms with Gasteiger partial charge in [-0.1, -0.05) is 6.92 Å². The van der Waals surface area contributed by atoms with Crippen molar-refractivity contribution in [2.75, 3.05) is 26.0 Å². The molecule has 0 bridgehead atoms. The molecule has 0 saturated carbocycles. The molecule has 7 heteroatoms. The van der Waals surface area contributed by atoms with Crippen molar-refractivity contribution >= 4 is 27.8 Å². The molecule has 0 aromatic rings. The van der Waals surface area contributed by atoms with E-state index in [-0.39, 0.29) is 11.2 Å². The van der Waals surface area contributed by atoms with Gasteiger partial charge in [0.2, 0.25) is 10.0 Å². The second-order valence-corrected chi connectivity index (χ2v) is 8.57. The summed E-state index contributed by atoms with van der Waals surface area (Å²) in [6.45, 7) is 5.44. The Morgan fingerprint density at radius 1 is 1.42 bits per heavy atom. The first kappa shape index (κ1) is 16.8. The molecule has 1 atom stereocenters. The molecule has 1 fully saturated rings. The van der Waals surface area contributed by atoms with Crippen molar-refractivity contribution in [1.29, 1.82) is 0 Å². The number of carbonyl (C=O) groups excluding carboxylic acids is 1. The molecule has 1 heterocycles. The summed E-state index contributed by atoms with van der Waals surface area (Å²) in [5, 5.41) is 0.707. The minimum Gasteiger partial charge on any atom is -0.465 e. The van der Waals surface area contributed by atoms with Gasteiger partial charge in [0.05, 0.1) is 6.26 Å². The number of sulfonamides is 1. The van der Waals surface area contributed by atoms with Gasteiger partial charge in [0.1, 0.15) is 6.61 Å². The van der Waals surface area contributed by atoms with Crippen molar-refractivity contribution in [1.82, 2.24) is 4.31 Å². The highest BCUT2D eigenvalue weighted by Gasteiger charge is 2.26. The number of carbonyl (C=O) groups is 1. The van der Waals surface area contributed by atoms with Gasteiger partial charge in [-0.25, -0.2) is 12.7 Å². The predicted molar refractivity (Wildman–Crippen MR) is 77.7 cm³/mol. The Morgan fingerprint density at radius 3 is 2.47 bits per heavy atom. The van der Waals surface area contributed by atoms with Gasteiger partial charge in [0, 0.05) is 30.0 Å². The quantitative estimate of drug-likeness (QED) is 0.696. The molecule has 0 spiro atoms. The smallest absolute Gasteiger partial charge is 0.305 e. The third-order valence-electron chi connectivity index (χ3n) is 3.06. The zero-order chi connectivity index (χ0) is 14.5. The maximum Gasteiger partial charge on any atom is 0.305 e. The lowest BCUT2D eigenvalue weighted by molar-refractivity contribution is -0.143. The molecule has 1 unspecified atom stereocenters. The highest BCUT2D eigenvalue weighted by molar-refractivity contribution is 8.00. The van der Waals surface area contributed by atoms with Gasteiger partial charge in [-0.2, -0.15) is 11.8 Å². The fraction of sp³-hybridized carbons (Fsp3) is 0.917. The van der Waals surface area contributed by atoms with E-state index in [9.17, 15) is 13.2 Å². The lowest BCUT2D eigenvalue weighted by Crippen LogP contribution is -2.39. The summed E-state index contributed by atoms with van der Waals surface area (Å²) >= 11 is 1.79. The molecule has 19 heavy (non-hydrogen) atoms. The standard InChI is InChI=1S/C12H23NO4S2/c1-4-12(14)17-9-10(2)18-11-5-7-13(8-6-11)19(3,15)16/h10-11H,4-9H2,1-3H3. The van der Waals surface area contributed by atoms with Crippen LogP contribution in [0.2, 0.25) is 0 Å². The lowest BCUT2D eigenvalue weighted by Gasteiger charge is -2.31. The minimum atomic E-state index is -3.05. The number of hydrogen-bond donors (Lipinski definition) is 0. The Morgan fingerprint density at radius 2 is 2.00 bits per heavy atom. The number of piperidine rings is 1. The van der Waals surface area contributed by atoms with Crippen LogP contribution in [0.15, 0.2) is 0 Å². The number of nitrogens with zero attached hydrogens (tertiary/aromatic N) is 1. The Hall–Kier alpha value is -0.270. The molecule has 0 radical (unpaired) electrons. The van der Waals surface area contributed by atoms with Crippen LogP contribution in [0.4, 0.5) is 0 Å². The van der Waals surface area contributed by atoms with Crippen molar-refractivity contribution in [2.45, 2.75) is 43.6 Å². The van der Waals surface area contributed by atoms with E-state index < -0.39 is 10.0 Å². The van der Waals surface area contributed by atoms with Crippen molar-refractivity contribution in [3.05, 3.63) is 0 Å². The van der Waals surface area contributed by atoms with Crippen LogP contribution >= 0.6 is 11.8 Å². The largest absolute Gasteiger partial charge is 0.465 e. The Balaban J connectivity index is 2.27. The summed E-state index contributed by atoms with van der Waals surface area (Å²) in [5.74, 6) is -0.167. The molecule has 1 aliphatic heterocycles. The average Bonchev–Trinajstić information content (AvgIpc) is 2.35. The molecule has 112 valence electrons. The number of esters is 1. The summed E-state index contributed by atoms with van der Waals surface area (Å²) in [7, 11) is -3.05. The van der Waals surface area contributed by atoms with Gasteiger partial charge in [0.25, 0.3) is 0 Å². The molecule has 5 nitrogen and oxygen atoms in total. The van der Waals surface area contributed by atoms with Gasteiger partial charge in [-0.05, 0) is 19.8 Å². The van der Waals surface area contributed by atoms with Crippen LogP contribution in [-0.4, -0.2) is 55.1 Å². The van der Waals surface area contributed by atoms with Crippen molar-refractivity contribution in [2.24, 2.45) is 0 Å². The molecule has 0 N–H and O–H groups in total. The van der Waals surface area contributed by atoms with Gasteiger partial charge in [-0.15, -0.1) is 0 Å². The summed E-state index contributed by atoms with van der Waals surface area (Å²) in [5.41, 5.74) is 0. The van der Waals surface area contributed by atoms with E-state index in [1.807, 2.05) is 6.92 Å². The Kier molecular flexibility index (Phi) is 6.62. The molecule has 0 aromatic carbocycles. The normalized spacial score (nSPS) is 20.2. The van der Waals surface area contributed by atoms with Crippen LogP contribution in [0.25, 0.3) is 0 Å². The summed E-state index contributed by atoms with van der Waals surface area (Å²) in [6.07, 6.45) is 3.39. The predicted octanol–water partition coefficient (Wildman–Crippen LogP) is 1.49. The molecule has 1 rings (SSSR count). The SMILES string of the molecule is CCC(=O)OCC(C)SC1CCN(S(C)(=O)=O)CC1. The first-order chi connectivity index (χ1) is 8.82. The third kappa shape index (κ3) is 6.14. The van der Waals surface area contributed by atoms with Crippen LogP contribution in [0.1, 0.15) is 33.1 Å². The van der Waals surface area contributed by atoms with Gasteiger partial charge < -0.3 is 4.74 Å². The van der Waals surface area contributed by atoms with E-state index in [1.165, 1.54) is 10.6 Å². The number of thioether (sulfide) groups is 1. The molecule has 1 aliphatic rings.